The molecule has 0 radical (unpaired) electrons. The highest BCUT2D eigenvalue weighted by molar-refractivity contribution is 5.99. The van der Waals surface area contributed by atoms with Gasteiger partial charge in [-0.1, -0.05) is 58.8 Å². The van der Waals surface area contributed by atoms with E-state index in [1.54, 1.807) is 0 Å². The molecule has 2 fully saturated rings. The van der Waals surface area contributed by atoms with E-state index in [-0.39, 0.29) is 40.3 Å². The van der Waals surface area contributed by atoms with Gasteiger partial charge in [0, 0.05) is 17.4 Å². The maximum Gasteiger partial charge on any atom is 0.159 e. The van der Waals surface area contributed by atoms with Gasteiger partial charge in [0.05, 0.1) is 12.7 Å². The molecule has 4 rings (SSSR count). The normalized spacial score (nSPS) is 43.7. The minimum atomic E-state index is -0.310. The van der Waals surface area contributed by atoms with Crippen LogP contribution in [0.2, 0.25) is 0 Å². The summed E-state index contributed by atoms with van der Waals surface area (Å²) in [5, 5.41) is 20.1. The average molecular weight is 457 g/mol. The van der Waals surface area contributed by atoms with E-state index in [2.05, 4.69) is 47.6 Å². The zero-order chi connectivity index (χ0) is 24.4. The van der Waals surface area contributed by atoms with Gasteiger partial charge < -0.3 is 10.2 Å². The van der Waals surface area contributed by atoms with Gasteiger partial charge in [-0.05, 0) is 92.3 Å². The molecule has 3 heteroatoms. The Morgan fingerprint density at radius 3 is 2.48 bits per heavy atom. The molecule has 4 aliphatic carbocycles. The highest BCUT2D eigenvalue weighted by Gasteiger charge is 2.65. The first kappa shape index (κ1) is 25.2. The van der Waals surface area contributed by atoms with E-state index in [0.29, 0.717) is 24.0 Å². The molecule has 0 spiro atoms. The van der Waals surface area contributed by atoms with Crippen LogP contribution in [0.15, 0.2) is 22.8 Å². The lowest BCUT2D eigenvalue weighted by Crippen LogP contribution is -2.57. The molecule has 2 N–H and O–H groups in total. The zero-order valence-corrected chi connectivity index (χ0v) is 22.3. The number of aliphatic hydroxyl groups is 2. The van der Waals surface area contributed by atoms with Crippen LogP contribution >= 0.6 is 0 Å². The second kappa shape index (κ2) is 8.33. The van der Waals surface area contributed by atoms with Crippen molar-refractivity contribution in [1.29, 1.82) is 0 Å². The summed E-state index contributed by atoms with van der Waals surface area (Å²) in [5.41, 5.74) is 3.73. The van der Waals surface area contributed by atoms with E-state index in [0.717, 1.165) is 44.1 Å². The molecule has 7 atom stereocenters. The van der Waals surface area contributed by atoms with Crippen molar-refractivity contribution in [2.75, 3.05) is 6.61 Å². The monoisotopic (exact) mass is 456 g/mol. The Kier molecular flexibility index (Phi) is 6.35. The van der Waals surface area contributed by atoms with Crippen molar-refractivity contribution < 1.29 is 15.0 Å². The summed E-state index contributed by atoms with van der Waals surface area (Å²) in [6, 6.07) is 0. The third-order valence-corrected chi connectivity index (χ3v) is 11.7. The van der Waals surface area contributed by atoms with Gasteiger partial charge in [0.25, 0.3) is 0 Å². The van der Waals surface area contributed by atoms with Crippen molar-refractivity contribution in [3.8, 4) is 0 Å². The van der Waals surface area contributed by atoms with Gasteiger partial charge in [-0.25, -0.2) is 0 Å². The van der Waals surface area contributed by atoms with Gasteiger partial charge in [-0.3, -0.25) is 4.79 Å². The summed E-state index contributed by atoms with van der Waals surface area (Å²) < 4.78 is 0. The molecule has 2 unspecified atom stereocenters. The van der Waals surface area contributed by atoms with Crippen LogP contribution in [0, 0.1) is 39.4 Å². The van der Waals surface area contributed by atoms with Crippen molar-refractivity contribution >= 4 is 5.78 Å². The number of hydrogen-bond donors (Lipinski definition) is 2. The van der Waals surface area contributed by atoms with E-state index < -0.39 is 0 Å². The predicted molar refractivity (Wildman–Crippen MR) is 135 cm³/mol. The zero-order valence-electron chi connectivity index (χ0n) is 22.3. The number of ketones is 1. The van der Waals surface area contributed by atoms with Crippen LogP contribution < -0.4 is 0 Å². The third kappa shape index (κ3) is 3.54. The molecule has 4 aliphatic rings. The van der Waals surface area contributed by atoms with Crippen LogP contribution in [0.25, 0.3) is 0 Å². The molecule has 186 valence electrons. The van der Waals surface area contributed by atoms with E-state index in [1.807, 2.05) is 6.92 Å². The molecular weight excluding hydrogens is 408 g/mol. The standard InChI is InChI=1S/C30H48O3/c1-19(18-31)9-8-10-20(2)21-11-16-30(7)26-22(12-15-29(21,30)6)28(5)14-13-25(33)27(3,4)24(28)17-23(26)32/h9,20-21,24-25,31,33H,8,10-18H2,1-7H3/b19-9+/t20?,21-,24+,25?,28-,29-,30+/m1/s1. The Morgan fingerprint density at radius 1 is 1.12 bits per heavy atom. The van der Waals surface area contributed by atoms with E-state index in [1.165, 1.54) is 24.0 Å². The van der Waals surface area contributed by atoms with E-state index in [9.17, 15) is 15.0 Å². The number of fused-ring (bicyclic) bond motifs is 4. The molecule has 0 aromatic heterocycles. The number of Topliss-reactive ketones (excluding diaryl/α,β-unsaturated/α-hetero) is 1. The molecule has 0 aromatic rings. The van der Waals surface area contributed by atoms with Crippen molar-refractivity contribution in [1.82, 2.24) is 0 Å². The number of carbonyl (C=O) groups is 1. The minimum Gasteiger partial charge on any atom is -0.393 e. The highest BCUT2D eigenvalue weighted by atomic mass is 16.3. The van der Waals surface area contributed by atoms with Crippen LogP contribution in [0.3, 0.4) is 0 Å². The van der Waals surface area contributed by atoms with Gasteiger partial charge in [-0.15, -0.1) is 0 Å². The minimum absolute atomic E-state index is 0.0262. The fourth-order valence-electron chi connectivity index (χ4n) is 9.16. The molecule has 0 aromatic carbocycles. The molecule has 3 nitrogen and oxygen atoms in total. The summed E-state index contributed by atoms with van der Waals surface area (Å²) in [5.74, 6) is 1.89. The number of carbonyl (C=O) groups excluding carboxylic acids is 1. The third-order valence-electron chi connectivity index (χ3n) is 11.7. The largest absolute Gasteiger partial charge is 0.393 e. The first-order chi connectivity index (χ1) is 15.3. The maximum absolute atomic E-state index is 13.9. The van der Waals surface area contributed by atoms with Gasteiger partial charge in [0.2, 0.25) is 0 Å². The van der Waals surface area contributed by atoms with Gasteiger partial charge in [-0.2, -0.15) is 0 Å². The fourth-order valence-corrected chi connectivity index (χ4v) is 9.16. The van der Waals surface area contributed by atoms with E-state index in [4.69, 9.17) is 0 Å². The summed E-state index contributed by atoms with van der Waals surface area (Å²) in [6.07, 6.45) is 11.1. The van der Waals surface area contributed by atoms with Crippen molar-refractivity contribution in [2.24, 2.45) is 39.4 Å². The van der Waals surface area contributed by atoms with Crippen molar-refractivity contribution in [3.05, 3.63) is 22.8 Å². The van der Waals surface area contributed by atoms with Crippen LogP contribution in [0.1, 0.15) is 106 Å². The molecule has 33 heavy (non-hydrogen) atoms. The fraction of sp³-hybridized carbons (Fsp3) is 0.833. The number of aliphatic hydroxyl groups excluding tert-OH is 2. The lowest BCUT2D eigenvalue weighted by atomic mass is 9.43. The van der Waals surface area contributed by atoms with E-state index >= 15 is 0 Å². The molecule has 0 aliphatic heterocycles. The van der Waals surface area contributed by atoms with Gasteiger partial charge >= 0.3 is 0 Å². The van der Waals surface area contributed by atoms with Gasteiger partial charge in [0.1, 0.15) is 0 Å². The number of rotatable bonds is 5. The number of allylic oxidation sites excluding steroid dienone is 3. The second-order valence-electron chi connectivity index (χ2n) is 13.5. The summed E-state index contributed by atoms with van der Waals surface area (Å²) in [7, 11) is 0. The smallest absolute Gasteiger partial charge is 0.159 e. The summed E-state index contributed by atoms with van der Waals surface area (Å²) in [4.78, 5) is 13.9. The molecule has 0 saturated heterocycles. The molecular formula is C30H48O3. The average Bonchev–Trinajstić information content (AvgIpc) is 3.04. The SMILES string of the molecule is C/C(=C\CCC(C)[C@H]1CC[C@@]2(C)C3=C(CC[C@]12C)[C@@]1(C)CCC(O)C(C)(C)[C@@H]1CC3=O)CO. The highest BCUT2D eigenvalue weighted by Crippen LogP contribution is 2.71. The topological polar surface area (TPSA) is 57.5 Å². The Labute approximate surface area is 202 Å². The first-order valence-corrected chi connectivity index (χ1v) is 13.5. The van der Waals surface area contributed by atoms with Crippen molar-refractivity contribution in [2.45, 2.75) is 112 Å². The Bertz CT molecular complexity index is 866. The molecule has 0 heterocycles. The molecule has 0 bridgehead atoms. The maximum atomic E-state index is 13.9. The van der Waals surface area contributed by atoms with Crippen molar-refractivity contribution in [3.63, 3.8) is 0 Å². The summed E-state index contributed by atoms with van der Waals surface area (Å²) in [6.45, 7) is 16.3. The Hall–Kier alpha value is -0.930. The Balaban J connectivity index is 1.67. The van der Waals surface area contributed by atoms with Gasteiger partial charge in [0.15, 0.2) is 5.78 Å². The predicted octanol–water partition coefficient (Wildman–Crippen LogP) is 6.63. The quantitative estimate of drug-likeness (QED) is 0.456. The first-order valence-electron chi connectivity index (χ1n) is 13.5. The van der Waals surface area contributed by atoms with Crippen LogP contribution in [0.4, 0.5) is 0 Å². The lowest BCUT2D eigenvalue weighted by Gasteiger charge is -2.61. The number of hydrogen-bond acceptors (Lipinski definition) is 3. The molecule has 2 saturated carbocycles. The second-order valence-corrected chi connectivity index (χ2v) is 13.5. The molecule has 0 amide bonds. The lowest BCUT2D eigenvalue weighted by molar-refractivity contribution is -0.134. The Morgan fingerprint density at radius 2 is 1.82 bits per heavy atom. The van der Waals surface area contributed by atoms with Crippen LogP contribution in [0.5, 0.6) is 0 Å². The van der Waals surface area contributed by atoms with Crippen LogP contribution in [-0.2, 0) is 4.79 Å². The van der Waals surface area contributed by atoms with Crippen LogP contribution in [-0.4, -0.2) is 28.7 Å². The summed E-state index contributed by atoms with van der Waals surface area (Å²) >= 11 is 0.